The standard InChI is InChI=1S/C19H23N3O2/c1-21(2)10-11-22-16-13-15(20)8-9-17(16)24-18(19(22)23)12-14-6-4-3-5-7-14/h3-9,13,18H,10-12,20H2,1-2H3. The minimum atomic E-state index is -0.509. The van der Waals surface area contributed by atoms with E-state index >= 15 is 0 Å². The summed E-state index contributed by atoms with van der Waals surface area (Å²) in [5, 5.41) is 0. The normalized spacial score (nSPS) is 16.9. The third-order valence-electron chi connectivity index (χ3n) is 4.12. The molecule has 1 unspecified atom stereocenters. The number of amides is 1. The molecule has 1 aliphatic heterocycles. The molecule has 0 fully saturated rings. The van der Waals surface area contributed by atoms with Crippen molar-refractivity contribution in [1.29, 1.82) is 0 Å². The number of benzene rings is 2. The highest BCUT2D eigenvalue weighted by atomic mass is 16.5. The topological polar surface area (TPSA) is 58.8 Å². The van der Waals surface area contributed by atoms with Crippen LogP contribution in [0.25, 0.3) is 0 Å². The van der Waals surface area contributed by atoms with Crippen molar-refractivity contribution in [2.45, 2.75) is 12.5 Å². The van der Waals surface area contributed by atoms with Gasteiger partial charge >= 0.3 is 0 Å². The molecule has 126 valence electrons. The van der Waals surface area contributed by atoms with E-state index in [9.17, 15) is 4.79 Å². The molecule has 2 aromatic carbocycles. The largest absolute Gasteiger partial charge is 0.478 e. The van der Waals surface area contributed by atoms with Gasteiger partial charge in [-0.3, -0.25) is 4.79 Å². The van der Waals surface area contributed by atoms with Gasteiger partial charge in [-0.2, -0.15) is 0 Å². The van der Waals surface area contributed by atoms with Crippen LogP contribution in [0.5, 0.6) is 5.75 Å². The zero-order chi connectivity index (χ0) is 17.1. The fourth-order valence-electron chi connectivity index (χ4n) is 2.83. The number of nitrogen functional groups attached to an aromatic ring is 1. The summed E-state index contributed by atoms with van der Waals surface area (Å²) in [6.07, 6.45) is 0.0489. The number of fused-ring (bicyclic) bond motifs is 1. The molecule has 3 rings (SSSR count). The number of ether oxygens (including phenoxy) is 1. The van der Waals surface area contributed by atoms with Gasteiger partial charge in [-0.25, -0.2) is 0 Å². The van der Waals surface area contributed by atoms with Crippen LogP contribution < -0.4 is 15.4 Å². The second kappa shape index (κ2) is 6.93. The average Bonchev–Trinajstić information content (AvgIpc) is 2.56. The molecular weight excluding hydrogens is 302 g/mol. The highest BCUT2D eigenvalue weighted by Gasteiger charge is 2.34. The van der Waals surface area contributed by atoms with Gasteiger partial charge in [0.2, 0.25) is 0 Å². The van der Waals surface area contributed by atoms with Gasteiger partial charge in [0, 0.05) is 25.2 Å². The number of hydrogen-bond donors (Lipinski definition) is 1. The van der Waals surface area contributed by atoms with E-state index in [0.717, 1.165) is 17.8 Å². The Morgan fingerprint density at radius 2 is 1.92 bits per heavy atom. The molecule has 5 nitrogen and oxygen atoms in total. The molecule has 0 aliphatic carbocycles. The Bertz CT molecular complexity index is 716. The Kier molecular flexibility index (Phi) is 4.71. The predicted molar refractivity (Wildman–Crippen MR) is 96.3 cm³/mol. The van der Waals surface area contributed by atoms with Crippen LogP contribution >= 0.6 is 0 Å². The van der Waals surface area contributed by atoms with Gasteiger partial charge < -0.3 is 20.3 Å². The van der Waals surface area contributed by atoms with Gasteiger partial charge in [0.25, 0.3) is 5.91 Å². The summed E-state index contributed by atoms with van der Waals surface area (Å²) < 4.78 is 5.98. The fraction of sp³-hybridized carbons (Fsp3) is 0.316. The summed E-state index contributed by atoms with van der Waals surface area (Å²) in [4.78, 5) is 16.8. The van der Waals surface area contributed by atoms with Gasteiger partial charge in [0.15, 0.2) is 6.10 Å². The van der Waals surface area contributed by atoms with E-state index in [1.807, 2.05) is 56.6 Å². The monoisotopic (exact) mass is 325 g/mol. The van der Waals surface area contributed by atoms with Crippen molar-refractivity contribution in [2.75, 3.05) is 37.8 Å². The lowest BCUT2D eigenvalue weighted by Gasteiger charge is -2.35. The molecule has 1 atom stereocenters. The van der Waals surface area contributed by atoms with E-state index in [2.05, 4.69) is 4.90 Å². The number of likely N-dealkylation sites (N-methyl/N-ethyl adjacent to an activating group) is 1. The van der Waals surface area contributed by atoms with Crippen LogP contribution in [-0.2, 0) is 11.2 Å². The van der Waals surface area contributed by atoms with Crippen LogP contribution in [0, 0.1) is 0 Å². The van der Waals surface area contributed by atoms with Crippen molar-refractivity contribution in [2.24, 2.45) is 0 Å². The Hall–Kier alpha value is -2.53. The first-order chi connectivity index (χ1) is 11.5. The van der Waals surface area contributed by atoms with E-state index in [-0.39, 0.29) is 5.91 Å². The fourth-order valence-corrected chi connectivity index (χ4v) is 2.83. The van der Waals surface area contributed by atoms with Gasteiger partial charge in [-0.05, 0) is 37.9 Å². The molecule has 1 heterocycles. The minimum Gasteiger partial charge on any atom is -0.478 e. The maximum Gasteiger partial charge on any atom is 0.268 e. The quantitative estimate of drug-likeness (QED) is 0.856. The first kappa shape index (κ1) is 16.3. The van der Waals surface area contributed by atoms with Crippen LogP contribution in [0.1, 0.15) is 5.56 Å². The van der Waals surface area contributed by atoms with Gasteiger partial charge in [0.1, 0.15) is 5.75 Å². The van der Waals surface area contributed by atoms with Crippen molar-refractivity contribution in [3.05, 3.63) is 54.1 Å². The minimum absolute atomic E-state index is 0.0150. The lowest BCUT2D eigenvalue weighted by Crippen LogP contribution is -2.49. The van der Waals surface area contributed by atoms with E-state index in [1.54, 1.807) is 11.0 Å². The maximum absolute atomic E-state index is 13.0. The molecule has 0 saturated carbocycles. The molecule has 0 aromatic heterocycles. The van der Waals surface area contributed by atoms with E-state index in [0.29, 0.717) is 24.4 Å². The Morgan fingerprint density at radius 3 is 2.62 bits per heavy atom. The highest BCUT2D eigenvalue weighted by molar-refractivity contribution is 6.00. The molecular formula is C19H23N3O2. The van der Waals surface area contributed by atoms with Crippen LogP contribution in [-0.4, -0.2) is 44.1 Å². The maximum atomic E-state index is 13.0. The number of anilines is 2. The van der Waals surface area contributed by atoms with Gasteiger partial charge in [-0.15, -0.1) is 0 Å². The summed E-state index contributed by atoms with van der Waals surface area (Å²) in [5.41, 5.74) is 8.37. The van der Waals surface area contributed by atoms with Crippen LogP contribution in [0.4, 0.5) is 11.4 Å². The van der Waals surface area contributed by atoms with E-state index < -0.39 is 6.10 Å². The van der Waals surface area contributed by atoms with Crippen LogP contribution in [0.3, 0.4) is 0 Å². The molecule has 2 aromatic rings. The number of nitrogens with two attached hydrogens (primary N) is 1. The van der Waals surface area contributed by atoms with Crippen molar-refractivity contribution in [1.82, 2.24) is 4.90 Å². The second-order valence-electron chi connectivity index (χ2n) is 6.32. The number of carbonyl (C=O) groups is 1. The molecule has 1 amide bonds. The highest BCUT2D eigenvalue weighted by Crippen LogP contribution is 2.36. The first-order valence-electron chi connectivity index (χ1n) is 8.11. The van der Waals surface area contributed by atoms with Gasteiger partial charge in [0.05, 0.1) is 5.69 Å². The molecule has 0 radical (unpaired) electrons. The Balaban J connectivity index is 1.88. The number of carbonyl (C=O) groups excluding carboxylic acids is 1. The Morgan fingerprint density at radius 1 is 1.17 bits per heavy atom. The molecule has 2 N–H and O–H groups in total. The molecule has 1 aliphatic rings. The van der Waals surface area contributed by atoms with Crippen molar-refractivity contribution >= 4 is 17.3 Å². The SMILES string of the molecule is CN(C)CCN1C(=O)C(Cc2ccccc2)Oc2ccc(N)cc21. The third kappa shape index (κ3) is 3.51. The predicted octanol–water partition coefficient (Wildman–Crippen LogP) is 2.17. The zero-order valence-electron chi connectivity index (χ0n) is 14.1. The summed E-state index contributed by atoms with van der Waals surface area (Å²) in [5.74, 6) is 0.697. The molecule has 24 heavy (non-hydrogen) atoms. The summed E-state index contributed by atoms with van der Waals surface area (Å²) in [7, 11) is 3.99. The third-order valence-corrected chi connectivity index (χ3v) is 4.12. The van der Waals surface area contributed by atoms with Crippen molar-refractivity contribution in [3.63, 3.8) is 0 Å². The molecule has 5 heteroatoms. The van der Waals surface area contributed by atoms with E-state index in [4.69, 9.17) is 10.5 Å². The van der Waals surface area contributed by atoms with Crippen molar-refractivity contribution in [3.8, 4) is 5.75 Å². The van der Waals surface area contributed by atoms with E-state index in [1.165, 1.54) is 0 Å². The summed E-state index contributed by atoms with van der Waals surface area (Å²) in [6, 6.07) is 15.4. The lowest BCUT2D eigenvalue weighted by atomic mass is 10.0. The van der Waals surface area contributed by atoms with Crippen LogP contribution in [0.2, 0.25) is 0 Å². The van der Waals surface area contributed by atoms with Crippen molar-refractivity contribution < 1.29 is 9.53 Å². The summed E-state index contributed by atoms with van der Waals surface area (Å²) >= 11 is 0. The molecule has 0 bridgehead atoms. The lowest BCUT2D eigenvalue weighted by molar-refractivity contribution is -0.126. The van der Waals surface area contributed by atoms with Gasteiger partial charge in [-0.1, -0.05) is 30.3 Å². The van der Waals surface area contributed by atoms with Crippen LogP contribution in [0.15, 0.2) is 48.5 Å². The number of hydrogen-bond acceptors (Lipinski definition) is 4. The Labute approximate surface area is 142 Å². The first-order valence-corrected chi connectivity index (χ1v) is 8.11. The molecule has 0 saturated heterocycles. The zero-order valence-corrected chi connectivity index (χ0v) is 14.1. The second-order valence-corrected chi connectivity index (χ2v) is 6.32. The number of rotatable bonds is 5. The number of nitrogens with zero attached hydrogens (tertiary/aromatic N) is 2. The average molecular weight is 325 g/mol. The smallest absolute Gasteiger partial charge is 0.268 e. The molecule has 0 spiro atoms. The summed E-state index contributed by atoms with van der Waals surface area (Å²) in [6.45, 7) is 1.38.